The molecule has 1 aliphatic rings. The lowest BCUT2D eigenvalue weighted by Crippen LogP contribution is -2.31. The van der Waals surface area contributed by atoms with Crippen LogP contribution in [0.2, 0.25) is 0 Å². The van der Waals surface area contributed by atoms with Crippen LogP contribution in [0.3, 0.4) is 0 Å². The topological polar surface area (TPSA) is 31.4 Å². The van der Waals surface area contributed by atoms with Crippen molar-refractivity contribution in [2.45, 2.75) is 225 Å². The van der Waals surface area contributed by atoms with Gasteiger partial charge in [-0.05, 0) is 114 Å². The monoisotopic (exact) mass is 744 g/mol. The highest BCUT2D eigenvalue weighted by Crippen LogP contribution is 2.36. The van der Waals surface area contributed by atoms with Crippen molar-refractivity contribution in [3.63, 3.8) is 0 Å². The van der Waals surface area contributed by atoms with Crippen molar-refractivity contribution in [1.29, 1.82) is 0 Å². The fourth-order valence-electron chi connectivity index (χ4n) is 7.51. The highest BCUT2D eigenvalue weighted by Gasteiger charge is 2.40. The lowest BCUT2D eigenvalue weighted by molar-refractivity contribution is -0.180. The summed E-state index contributed by atoms with van der Waals surface area (Å²) in [6, 6.07) is 4.11. The first-order valence-corrected chi connectivity index (χ1v) is 23.2. The first-order chi connectivity index (χ1) is 26.7. The Kier molecular flexibility index (Phi) is 31.2. The Morgan fingerprint density at radius 3 is 1.61 bits per heavy atom. The molecule has 3 nitrogen and oxygen atoms in total. The summed E-state index contributed by atoms with van der Waals surface area (Å²) in [6.45, 7) is 9.60. The van der Waals surface area contributed by atoms with Crippen molar-refractivity contribution >= 4 is 5.57 Å². The van der Waals surface area contributed by atoms with E-state index in [0.29, 0.717) is 0 Å². The summed E-state index contributed by atoms with van der Waals surface area (Å²) in [4.78, 5) is 4.25. The van der Waals surface area contributed by atoms with Crippen LogP contribution in [0.1, 0.15) is 218 Å². The molecule has 1 atom stereocenters. The molecule has 0 aromatic carbocycles. The van der Waals surface area contributed by atoms with E-state index in [1.54, 1.807) is 0 Å². The third-order valence-electron chi connectivity index (χ3n) is 11.0. The summed E-state index contributed by atoms with van der Waals surface area (Å²) in [7, 11) is 0. The van der Waals surface area contributed by atoms with Gasteiger partial charge in [-0.2, -0.15) is 0 Å². The molecule has 0 bridgehead atoms. The predicted molar refractivity (Wildman–Crippen MR) is 238 cm³/mol. The average Bonchev–Trinajstić information content (AvgIpc) is 3.60. The van der Waals surface area contributed by atoms with Crippen LogP contribution in [-0.2, 0) is 9.47 Å². The van der Waals surface area contributed by atoms with E-state index in [-0.39, 0.29) is 11.9 Å². The number of nitrogens with zero attached hydrogens (tertiary/aromatic N) is 1. The molecule has 306 valence electrons. The minimum Gasteiger partial charge on any atom is -0.347 e. The van der Waals surface area contributed by atoms with Gasteiger partial charge in [-0.25, -0.2) is 0 Å². The van der Waals surface area contributed by atoms with Gasteiger partial charge in [0.1, 0.15) is 0 Å². The molecule has 0 radical (unpaired) electrons. The largest absolute Gasteiger partial charge is 0.347 e. The third kappa shape index (κ3) is 26.6. The van der Waals surface area contributed by atoms with Gasteiger partial charge < -0.3 is 9.47 Å². The van der Waals surface area contributed by atoms with E-state index < -0.39 is 0 Å². The quantitative estimate of drug-likeness (QED) is 0.0502. The van der Waals surface area contributed by atoms with Crippen molar-refractivity contribution in [2.24, 2.45) is 0 Å². The molecular formula is C51H85NO2. The van der Waals surface area contributed by atoms with Gasteiger partial charge in [-0.15, -0.1) is 0 Å². The fourth-order valence-corrected chi connectivity index (χ4v) is 7.51. The van der Waals surface area contributed by atoms with Crippen LogP contribution in [0.15, 0.2) is 79.7 Å². The van der Waals surface area contributed by atoms with Gasteiger partial charge in [0.15, 0.2) is 5.79 Å². The lowest BCUT2D eigenvalue weighted by atomic mass is 9.98. The molecule has 3 heteroatoms. The van der Waals surface area contributed by atoms with Crippen LogP contribution in [0.25, 0.3) is 5.57 Å². The Labute approximate surface area is 335 Å². The van der Waals surface area contributed by atoms with Crippen molar-refractivity contribution < 1.29 is 9.47 Å². The summed E-state index contributed by atoms with van der Waals surface area (Å²) < 4.78 is 13.4. The molecule has 2 rings (SSSR count). The summed E-state index contributed by atoms with van der Waals surface area (Å²) in [5.74, 6) is -0.344. The highest BCUT2D eigenvalue weighted by molar-refractivity contribution is 5.62. The van der Waals surface area contributed by atoms with E-state index in [1.807, 2.05) is 18.5 Å². The molecule has 0 spiro atoms. The number of rotatable bonds is 37. The highest BCUT2D eigenvalue weighted by atomic mass is 16.7. The van der Waals surface area contributed by atoms with Crippen LogP contribution in [0.4, 0.5) is 0 Å². The maximum Gasteiger partial charge on any atom is 0.168 e. The van der Waals surface area contributed by atoms with Crippen LogP contribution >= 0.6 is 0 Å². The van der Waals surface area contributed by atoms with E-state index >= 15 is 0 Å². The van der Waals surface area contributed by atoms with Gasteiger partial charge in [-0.3, -0.25) is 4.98 Å². The Hall–Kier alpha value is -2.23. The Morgan fingerprint density at radius 2 is 1.11 bits per heavy atom. The standard InChI is InChI=1S/C51H85NO2/c1-4-6-8-10-12-14-16-18-20-22-24-26-28-30-32-37-43-51(44-38-33-31-29-27-25-23-21-19-17-15-13-11-9-7-5-2)53-47-50(54-51)42-36-34-35-40-48(3)49-41-39-45-52-46-49/h12-15,18-21,39,41,45-46,50H,3-11,16-17,22-38,40,42-44,47H2,1-2H3/b14-12-,15-13-,20-18-,21-19-. The van der Waals surface area contributed by atoms with Gasteiger partial charge in [0.2, 0.25) is 0 Å². The molecule has 0 N–H and O–H groups in total. The normalized spacial score (nSPS) is 15.9. The molecule has 0 aliphatic carbocycles. The molecule has 1 unspecified atom stereocenters. The van der Waals surface area contributed by atoms with Gasteiger partial charge in [0.25, 0.3) is 0 Å². The van der Waals surface area contributed by atoms with Crippen molar-refractivity contribution in [1.82, 2.24) is 4.98 Å². The van der Waals surface area contributed by atoms with E-state index in [9.17, 15) is 0 Å². The second-order valence-corrected chi connectivity index (χ2v) is 16.1. The fraction of sp³-hybridized carbons (Fsp3) is 0.706. The number of allylic oxidation sites excluding steroid dienone is 9. The van der Waals surface area contributed by atoms with Gasteiger partial charge in [0, 0.05) is 25.2 Å². The molecule has 1 fully saturated rings. The summed E-state index contributed by atoms with van der Waals surface area (Å²) in [6.07, 6.45) is 61.5. The Balaban J connectivity index is 1.62. The zero-order chi connectivity index (χ0) is 38.5. The van der Waals surface area contributed by atoms with Crippen LogP contribution < -0.4 is 0 Å². The van der Waals surface area contributed by atoms with Crippen LogP contribution in [0.5, 0.6) is 0 Å². The molecule has 1 aliphatic heterocycles. The second kappa shape index (κ2) is 35.2. The first kappa shape index (κ1) is 47.9. The number of pyridine rings is 1. The molecular weight excluding hydrogens is 659 g/mol. The molecule has 54 heavy (non-hydrogen) atoms. The van der Waals surface area contributed by atoms with E-state index in [1.165, 1.54) is 172 Å². The van der Waals surface area contributed by atoms with Gasteiger partial charge in [-0.1, -0.05) is 165 Å². The zero-order valence-electron chi connectivity index (χ0n) is 35.6. The smallest absolute Gasteiger partial charge is 0.168 e. The molecule has 0 amide bonds. The number of aromatic nitrogens is 1. The summed E-state index contributed by atoms with van der Waals surface area (Å²) in [5, 5.41) is 0. The van der Waals surface area contributed by atoms with E-state index in [0.717, 1.165) is 45.1 Å². The maximum atomic E-state index is 6.82. The van der Waals surface area contributed by atoms with Gasteiger partial charge >= 0.3 is 0 Å². The third-order valence-corrected chi connectivity index (χ3v) is 11.0. The Morgan fingerprint density at radius 1 is 0.630 bits per heavy atom. The molecule has 1 saturated heterocycles. The number of hydrogen-bond donors (Lipinski definition) is 0. The molecule has 0 saturated carbocycles. The lowest BCUT2D eigenvalue weighted by Gasteiger charge is -2.28. The molecule has 2 heterocycles. The Bertz CT molecular complexity index is 1050. The SMILES string of the molecule is C=C(CCCCCC1COC(CCCCCCCC/C=C\C/C=C\CCCCC)(CCCCCCCC/C=C\C/C=C\CCCCC)O1)c1cccnc1. The van der Waals surface area contributed by atoms with Crippen molar-refractivity contribution in [2.75, 3.05) is 6.61 Å². The minimum atomic E-state index is -0.344. The average molecular weight is 744 g/mol. The number of unbranched alkanes of at least 4 members (excludes halogenated alkanes) is 20. The second-order valence-electron chi connectivity index (χ2n) is 16.1. The van der Waals surface area contributed by atoms with Crippen molar-refractivity contribution in [3.05, 3.63) is 85.3 Å². The zero-order valence-corrected chi connectivity index (χ0v) is 35.6. The number of hydrogen-bond acceptors (Lipinski definition) is 3. The predicted octanol–water partition coefficient (Wildman–Crippen LogP) is 16.6. The molecule has 1 aromatic rings. The maximum absolute atomic E-state index is 6.82. The molecule has 1 aromatic heterocycles. The summed E-state index contributed by atoms with van der Waals surface area (Å²) >= 11 is 0. The number of ether oxygens (including phenoxy) is 2. The van der Waals surface area contributed by atoms with Crippen LogP contribution in [0, 0.1) is 0 Å². The first-order valence-electron chi connectivity index (χ1n) is 23.2. The van der Waals surface area contributed by atoms with Gasteiger partial charge in [0.05, 0.1) is 12.7 Å². The van der Waals surface area contributed by atoms with E-state index in [2.05, 4.69) is 80.1 Å². The van der Waals surface area contributed by atoms with Crippen molar-refractivity contribution in [3.8, 4) is 0 Å². The van der Waals surface area contributed by atoms with E-state index in [4.69, 9.17) is 9.47 Å². The van der Waals surface area contributed by atoms with Crippen LogP contribution in [-0.4, -0.2) is 23.5 Å². The summed E-state index contributed by atoms with van der Waals surface area (Å²) in [5.41, 5.74) is 2.37. The minimum absolute atomic E-state index is 0.251.